The number of rotatable bonds is 2. The second kappa shape index (κ2) is 5.00. The number of nitrogen functional groups attached to an aromatic ring is 1. The fourth-order valence-electron chi connectivity index (χ4n) is 2.99. The van der Waals surface area contributed by atoms with Crippen molar-refractivity contribution in [1.82, 2.24) is 0 Å². The van der Waals surface area contributed by atoms with Gasteiger partial charge in [-0.2, -0.15) is 0 Å². The molecule has 2 aromatic carbocycles. The van der Waals surface area contributed by atoms with Gasteiger partial charge < -0.3 is 11.5 Å². The van der Waals surface area contributed by atoms with Gasteiger partial charge in [-0.15, -0.1) is 0 Å². The molecule has 0 aromatic heterocycles. The van der Waals surface area contributed by atoms with Gasteiger partial charge in [0.05, 0.1) is 0 Å². The third-order valence-corrected chi connectivity index (χ3v) is 4.00. The third-order valence-electron chi connectivity index (χ3n) is 4.00. The number of carbonyl (C=O) groups is 1. The Morgan fingerprint density at radius 2 is 1.75 bits per heavy atom. The highest BCUT2D eigenvalue weighted by molar-refractivity contribution is 6.02. The molecule has 0 radical (unpaired) electrons. The van der Waals surface area contributed by atoms with Crippen molar-refractivity contribution in [3.05, 3.63) is 53.1 Å². The number of aryl methyl sites for hydroxylation is 2. The highest BCUT2D eigenvalue weighted by atomic mass is 16.1. The van der Waals surface area contributed by atoms with Gasteiger partial charge in [0.1, 0.15) is 0 Å². The maximum absolute atomic E-state index is 11.6. The highest BCUT2D eigenvalue weighted by Gasteiger charge is 2.15. The van der Waals surface area contributed by atoms with Crippen molar-refractivity contribution in [3.63, 3.8) is 0 Å². The molecule has 0 unspecified atom stereocenters. The van der Waals surface area contributed by atoms with E-state index in [0.29, 0.717) is 11.3 Å². The number of anilines is 1. The Morgan fingerprint density at radius 1 is 1.00 bits per heavy atom. The number of primary amides is 1. The minimum Gasteiger partial charge on any atom is -0.398 e. The van der Waals surface area contributed by atoms with E-state index in [1.165, 1.54) is 24.0 Å². The molecule has 1 aliphatic carbocycles. The van der Waals surface area contributed by atoms with Crippen LogP contribution in [0.25, 0.3) is 11.1 Å². The van der Waals surface area contributed by atoms with E-state index in [0.717, 1.165) is 24.0 Å². The van der Waals surface area contributed by atoms with E-state index in [2.05, 4.69) is 12.1 Å². The molecule has 0 atom stereocenters. The summed E-state index contributed by atoms with van der Waals surface area (Å²) in [4.78, 5) is 11.6. The van der Waals surface area contributed by atoms with Gasteiger partial charge in [-0.25, -0.2) is 0 Å². The number of amides is 1. The van der Waals surface area contributed by atoms with Gasteiger partial charge in [0, 0.05) is 16.8 Å². The Labute approximate surface area is 118 Å². The van der Waals surface area contributed by atoms with Gasteiger partial charge in [-0.05, 0) is 54.5 Å². The molecule has 2 aromatic rings. The Morgan fingerprint density at radius 3 is 2.50 bits per heavy atom. The van der Waals surface area contributed by atoms with Crippen LogP contribution in [0.15, 0.2) is 36.4 Å². The van der Waals surface area contributed by atoms with Crippen LogP contribution < -0.4 is 11.5 Å². The first-order chi connectivity index (χ1) is 9.66. The summed E-state index contributed by atoms with van der Waals surface area (Å²) in [6, 6.07) is 11.7. The molecule has 0 spiro atoms. The van der Waals surface area contributed by atoms with E-state index in [4.69, 9.17) is 11.5 Å². The molecule has 0 aliphatic heterocycles. The smallest absolute Gasteiger partial charge is 0.249 e. The van der Waals surface area contributed by atoms with Crippen molar-refractivity contribution in [1.29, 1.82) is 0 Å². The first kappa shape index (κ1) is 12.7. The average molecular weight is 266 g/mol. The molecule has 0 bridgehead atoms. The van der Waals surface area contributed by atoms with Gasteiger partial charge >= 0.3 is 0 Å². The fourth-order valence-corrected chi connectivity index (χ4v) is 2.99. The number of benzene rings is 2. The molecule has 4 N–H and O–H groups in total. The van der Waals surface area contributed by atoms with E-state index in [1.807, 2.05) is 6.07 Å². The third kappa shape index (κ3) is 2.16. The molecule has 0 saturated heterocycles. The monoisotopic (exact) mass is 266 g/mol. The maximum atomic E-state index is 11.6. The molecule has 3 nitrogen and oxygen atoms in total. The summed E-state index contributed by atoms with van der Waals surface area (Å²) in [5.41, 5.74) is 17.1. The Balaban J connectivity index is 2.16. The Kier molecular flexibility index (Phi) is 3.18. The van der Waals surface area contributed by atoms with Crippen LogP contribution in [0.1, 0.15) is 34.3 Å². The Bertz CT molecular complexity index is 677. The minimum atomic E-state index is -0.440. The normalized spacial score (nSPS) is 13.8. The molecule has 0 saturated carbocycles. The summed E-state index contributed by atoms with van der Waals surface area (Å²) in [5, 5.41) is 0. The molecule has 1 amide bonds. The topological polar surface area (TPSA) is 69.1 Å². The highest BCUT2D eigenvalue weighted by Crippen LogP contribution is 2.33. The standard InChI is InChI=1S/C17H18N2O/c18-15-7-3-6-14(17(19)20)16(15)13-9-8-11-4-1-2-5-12(11)10-13/h3,6-10H,1-2,4-5,18H2,(H2,19,20). The largest absolute Gasteiger partial charge is 0.398 e. The van der Waals surface area contributed by atoms with Crippen LogP contribution in [0.3, 0.4) is 0 Å². The number of fused-ring (bicyclic) bond motifs is 1. The summed E-state index contributed by atoms with van der Waals surface area (Å²) in [6.07, 6.45) is 4.72. The summed E-state index contributed by atoms with van der Waals surface area (Å²) >= 11 is 0. The summed E-state index contributed by atoms with van der Waals surface area (Å²) in [7, 11) is 0. The molecule has 3 heteroatoms. The number of carbonyl (C=O) groups excluding carboxylic acids is 1. The van der Waals surface area contributed by atoms with Crippen LogP contribution in [0.2, 0.25) is 0 Å². The van der Waals surface area contributed by atoms with Crippen molar-refractivity contribution in [2.45, 2.75) is 25.7 Å². The van der Waals surface area contributed by atoms with Crippen LogP contribution >= 0.6 is 0 Å². The van der Waals surface area contributed by atoms with Gasteiger partial charge in [-0.1, -0.05) is 24.3 Å². The zero-order chi connectivity index (χ0) is 14.1. The van der Waals surface area contributed by atoms with Gasteiger partial charge in [0.15, 0.2) is 0 Å². The fraction of sp³-hybridized carbons (Fsp3) is 0.235. The number of hydrogen-bond acceptors (Lipinski definition) is 2. The van der Waals surface area contributed by atoms with Crippen LogP contribution in [0, 0.1) is 0 Å². The summed E-state index contributed by atoms with van der Waals surface area (Å²) < 4.78 is 0. The van der Waals surface area contributed by atoms with Gasteiger partial charge in [0.2, 0.25) is 5.91 Å². The zero-order valence-corrected chi connectivity index (χ0v) is 11.4. The van der Waals surface area contributed by atoms with E-state index in [-0.39, 0.29) is 0 Å². The lowest BCUT2D eigenvalue weighted by molar-refractivity contribution is 0.100. The molecule has 20 heavy (non-hydrogen) atoms. The second-order valence-electron chi connectivity index (χ2n) is 5.32. The average Bonchev–Trinajstić information content (AvgIpc) is 2.46. The van der Waals surface area contributed by atoms with E-state index >= 15 is 0 Å². The molecular formula is C17H18N2O. The minimum absolute atomic E-state index is 0.440. The SMILES string of the molecule is NC(=O)c1cccc(N)c1-c1ccc2c(c1)CCCC2. The zero-order valence-electron chi connectivity index (χ0n) is 11.4. The van der Waals surface area contributed by atoms with E-state index in [9.17, 15) is 4.79 Å². The molecule has 0 fully saturated rings. The second-order valence-corrected chi connectivity index (χ2v) is 5.32. The Hall–Kier alpha value is -2.29. The first-order valence-corrected chi connectivity index (χ1v) is 6.97. The van der Waals surface area contributed by atoms with E-state index < -0.39 is 5.91 Å². The molecule has 102 valence electrons. The van der Waals surface area contributed by atoms with Crippen molar-refractivity contribution in [2.24, 2.45) is 5.73 Å². The van der Waals surface area contributed by atoms with Crippen LogP contribution in [0.5, 0.6) is 0 Å². The van der Waals surface area contributed by atoms with E-state index in [1.54, 1.807) is 18.2 Å². The van der Waals surface area contributed by atoms with Crippen molar-refractivity contribution >= 4 is 11.6 Å². The molecular weight excluding hydrogens is 248 g/mol. The van der Waals surface area contributed by atoms with Crippen molar-refractivity contribution < 1.29 is 4.79 Å². The molecule has 3 rings (SSSR count). The predicted molar refractivity (Wildman–Crippen MR) is 81.5 cm³/mol. The lowest BCUT2D eigenvalue weighted by Gasteiger charge is -2.18. The van der Waals surface area contributed by atoms with Crippen molar-refractivity contribution in [3.8, 4) is 11.1 Å². The van der Waals surface area contributed by atoms with Crippen LogP contribution in [0.4, 0.5) is 5.69 Å². The van der Waals surface area contributed by atoms with Crippen molar-refractivity contribution in [2.75, 3.05) is 5.73 Å². The predicted octanol–water partition coefficient (Wildman–Crippen LogP) is 2.91. The lowest BCUT2D eigenvalue weighted by Crippen LogP contribution is -2.13. The molecule has 1 aliphatic rings. The summed E-state index contributed by atoms with van der Waals surface area (Å²) in [6.45, 7) is 0. The van der Waals surface area contributed by atoms with Crippen LogP contribution in [-0.2, 0) is 12.8 Å². The molecule has 0 heterocycles. The maximum Gasteiger partial charge on any atom is 0.249 e. The summed E-state index contributed by atoms with van der Waals surface area (Å²) in [5.74, 6) is -0.440. The first-order valence-electron chi connectivity index (χ1n) is 6.97. The number of hydrogen-bond donors (Lipinski definition) is 2. The van der Waals surface area contributed by atoms with Crippen LogP contribution in [-0.4, -0.2) is 5.91 Å². The number of nitrogens with two attached hydrogens (primary N) is 2. The lowest BCUT2D eigenvalue weighted by atomic mass is 9.88. The van der Waals surface area contributed by atoms with Gasteiger partial charge in [0.25, 0.3) is 0 Å². The van der Waals surface area contributed by atoms with Gasteiger partial charge in [-0.3, -0.25) is 4.79 Å². The quantitative estimate of drug-likeness (QED) is 0.820.